The predicted octanol–water partition coefficient (Wildman–Crippen LogP) is 1.04. The van der Waals surface area contributed by atoms with Crippen molar-refractivity contribution in [2.24, 2.45) is 5.14 Å². The number of aromatic nitrogens is 1. The fourth-order valence-electron chi connectivity index (χ4n) is 3.12. The number of hydrogen-bond acceptors (Lipinski definition) is 7. The topological polar surface area (TPSA) is 149 Å². The van der Waals surface area contributed by atoms with Gasteiger partial charge in [-0.3, -0.25) is 19.9 Å². The zero-order valence-corrected chi connectivity index (χ0v) is 15.6. The van der Waals surface area contributed by atoms with Crippen LogP contribution in [-0.2, 0) is 10.0 Å². The molecule has 148 valence electrons. The minimum absolute atomic E-state index is 0.0632. The number of carbonyl (C=O) groups excluding carboxylic acids is 1. The Morgan fingerprint density at radius 1 is 1.29 bits per heavy atom. The van der Waals surface area contributed by atoms with Crippen molar-refractivity contribution in [3.8, 4) is 0 Å². The summed E-state index contributed by atoms with van der Waals surface area (Å²) in [6, 6.07) is 6.92. The molecule has 0 radical (unpaired) electrons. The van der Waals surface area contributed by atoms with Gasteiger partial charge in [0.05, 0.1) is 15.4 Å². The highest BCUT2D eigenvalue weighted by molar-refractivity contribution is 7.89. The van der Waals surface area contributed by atoms with Gasteiger partial charge >= 0.3 is 0 Å². The maximum atomic E-state index is 12.2. The molecule has 28 heavy (non-hydrogen) atoms. The number of benzene rings is 1. The first kappa shape index (κ1) is 19.7. The number of rotatable bonds is 5. The Balaban J connectivity index is 1.69. The number of nitrogens with two attached hydrogens (primary N) is 1. The lowest BCUT2D eigenvalue weighted by molar-refractivity contribution is -0.384. The van der Waals surface area contributed by atoms with Gasteiger partial charge in [-0.25, -0.2) is 13.6 Å². The largest absolute Gasteiger partial charge is 0.366 e. The first-order valence-corrected chi connectivity index (χ1v) is 10.1. The molecule has 1 aromatic heterocycles. The van der Waals surface area contributed by atoms with E-state index in [1.54, 1.807) is 23.2 Å². The summed E-state index contributed by atoms with van der Waals surface area (Å²) in [7, 11) is -4.03. The number of anilines is 1. The lowest BCUT2D eigenvalue weighted by Crippen LogP contribution is -2.44. The van der Waals surface area contributed by atoms with Crippen LogP contribution in [-0.4, -0.2) is 43.4 Å². The van der Waals surface area contributed by atoms with E-state index in [2.05, 4.69) is 10.3 Å². The highest BCUT2D eigenvalue weighted by Gasteiger charge is 2.27. The second-order valence-electron chi connectivity index (χ2n) is 6.43. The van der Waals surface area contributed by atoms with Gasteiger partial charge in [-0.05, 0) is 37.1 Å². The van der Waals surface area contributed by atoms with Crippen molar-refractivity contribution in [2.45, 2.75) is 23.8 Å². The molecule has 3 rings (SSSR count). The molecule has 0 spiro atoms. The maximum Gasteiger partial charge on any atom is 0.293 e. The maximum absolute atomic E-state index is 12.2. The van der Waals surface area contributed by atoms with Crippen LogP contribution in [0, 0.1) is 10.1 Å². The molecule has 1 amide bonds. The summed E-state index contributed by atoms with van der Waals surface area (Å²) in [4.78, 5) is 28.4. The van der Waals surface area contributed by atoms with Crippen molar-refractivity contribution in [1.29, 1.82) is 0 Å². The number of primary sulfonamides is 1. The van der Waals surface area contributed by atoms with Crippen LogP contribution in [0.25, 0.3) is 0 Å². The summed E-state index contributed by atoms with van der Waals surface area (Å²) in [6.45, 7) is 0.959. The molecule has 3 N–H and O–H groups in total. The first-order chi connectivity index (χ1) is 13.3. The molecule has 11 heteroatoms. The summed E-state index contributed by atoms with van der Waals surface area (Å²) in [5.74, 6) is -0.213. The van der Waals surface area contributed by atoms with Gasteiger partial charge in [0, 0.05) is 37.6 Å². The third kappa shape index (κ3) is 4.43. The molecule has 0 unspecified atom stereocenters. The zero-order valence-electron chi connectivity index (χ0n) is 14.8. The Hall–Kier alpha value is -3.05. The molecule has 0 aliphatic carbocycles. The number of sulfonamides is 1. The molecular formula is C17H19N5O5S. The number of nitro groups is 1. The summed E-state index contributed by atoms with van der Waals surface area (Å²) in [5.41, 5.74) is 0.484. The van der Waals surface area contributed by atoms with Gasteiger partial charge in [0.2, 0.25) is 10.0 Å². The highest BCUT2D eigenvalue weighted by atomic mass is 32.2. The fourth-order valence-corrected chi connectivity index (χ4v) is 3.66. The second-order valence-corrected chi connectivity index (χ2v) is 7.99. The number of hydrogen-bond donors (Lipinski definition) is 2. The van der Waals surface area contributed by atoms with Crippen LogP contribution in [0.4, 0.5) is 11.4 Å². The fraction of sp³-hybridized carbons (Fsp3) is 0.294. The van der Waals surface area contributed by atoms with E-state index >= 15 is 0 Å². The van der Waals surface area contributed by atoms with E-state index in [0.717, 1.165) is 6.07 Å². The highest BCUT2D eigenvalue weighted by Crippen LogP contribution is 2.32. The van der Waals surface area contributed by atoms with Crippen molar-refractivity contribution in [2.75, 3.05) is 18.0 Å². The van der Waals surface area contributed by atoms with Crippen LogP contribution in [0.15, 0.2) is 47.6 Å². The molecule has 1 aliphatic rings. The number of nitrogens with zero attached hydrogens (tertiary/aromatic N) is 3. The summed E-state index contributed by atoms with van der Waals surface area (Å²) in [5, 5.41) is 19.4. The molecule has 1 fully saturated rings. The van der Waals surface area contributed by atoms with E-state index in [4.69, 9.17) is 5.14 Å². The van der Waals surface area contributed by atoms with Crippen molar-refractivity contribution in [3.05, 3.63) is 58.4 Å². The van der Waals surface area contributed by atoms with E-state index in [1.165, 1.54) is 18.3 Å². The molecule has 1 aliphatic heterocycles. The molecule has 1 saturated heterocycles. The van der Waals surface area contributed by atoms with Gasteiger partial charge < -0.3 is 10.2 Å². The summed E-state index contributed by atoms with van der Waals surface area (Å²) in [6.07, 6.45) is 4.27. The van der Waals surface area contributed by atoms with Gasteiger partial charge in [-0.1, -0.05) is 0 Å². The first-order valence-electron chi connectivity index (χ1n) is 8.53. The average molecular weight is 405 g/mol. The standard InChI is InChI=1S/C17H19N5O5S/c18-28(26,27)14-3-4-15(16(10-14)22(24)25)21-8-5-13(6-9-21)20-17(23)12-2-1-7-19-11-12/h1-4,7,10-11,13H,5-6,8-9H2,(H,20,23)(H2,18,26,27). The number of piperidine rings is 1. The zero-order chi connectivity index (χ0) is 20.3. The van der Waals surface area contributed by atoms with Crippen LogP contribution < -0.4 is 15.4 Å². The Morgan fingerprint density at radius 2 is 2.00 bits per heavy atom. The van der Waals surface area contributed by atoms with Crippen LogP contribution in [0.1, 0.15) is 23.2 Å². The number of nitrogens with one attached hydrogen (secondary N) is 1. The van der Waals surface area contributed by atoms with E-state index in [0.29, 0.717) is 37.2 Å². The number of pyridine rings is 1. The summed E-state index contributed by atoms with van der Waals surface area (Å²) >= 11 is 0. The molecule has 2 aromatic rings. The van der Waals surface area contributed by atoms with Gasteiger partial charge in [0.1, 0.15) is 5.69 Å². The van der Waals surface area contributed by atoms with Crippen molar-refractivity contribution < 1.29 is 18.1 Å². The molecule has 0 bridgehead atoms. The quantitative estimate of drug-likeness (QED) is 0.557. The third-order valence-electron chi connectivity index (χ3n) is 4.57. The Morgan fingerprint density at radius 3 is 2.57 bits per heavy atom. The smallest absolute Gasteiger partial charge is 0.293 e. The molecule has 2 heterocycles. The lowest BCUT2D eigenvalue weighted by Gasteiger charge is -2.33. The van der Waals surface area contributed by atoms with E-state index < -0.39 is 14.9 Å². The van der Waals surface area contributed by atoms with Crippen LogP contribution in [0.3, 0.4) is 0 Å². The normalized spacial score (nSPS) is 15.2. The van der Waals surface area contributed by atoms with Gasteiger partial charge in [0.25, 0.3) is 11.6 Å². The summed E-state index contributed by atoms with van der Waals surface area (Å²) < 4.78 is 22.9. The molecule has 1 aromatic carbocycles. The second kappa shape index (κ2) is 7.90. The minimum Gasteiger partial charge on any atom is -0.366 e. The van der Waals surface area contributed by atoms with E-state index in [-0.39, 0.29) is 22.5 Å². The van der Waals surface area contributed by atoms with Crippen molar-refractivity contribution in [3.63, 3.8) is 0 Å². The molecule has 10 nitrogen and oxygen atoms in total. The molecular weight excluding hydrogens is 386 g/mol. The molecule has 0 atom stereocenters. The lowest BCUT2D eigenvalue weighted by atomic mass is 10.0. The van der Waals surface area contributed by atoms with Crippen LogP contribution in [0.2, 0.25) is 0 Å². The van der Waals surface area contributed by atoms with E-state index in [1.807, 2.05) is 0 Å². The van der Waals surface area contributed by atoms with Gasteiger partial charge in [-0.15, -0.1) is 0 Å². The van der Waals surface area contributed by atoms with Crippen LogP contribution >= 0.6 is 0 Å². The average Bonchev–Trinajstić information content (AvgIpc) is 2.68. The number of amides is 1. The predicted molar refractivity (Wildman–Crippen MR) is 101 cm³/mol. The Bertz CT molecular complexity index is 988. The third-order valence-corrected chi connectivity index (χ3v) is 5.48. The van der Waals surface area contributed by atoms with Gasteiger partial charge in [-0.2, -0.15) is 0 Å². The number of carbonyl (C=O) groups is 1. The van der Waals surface area contributed by atoms with Crippen molar-refractivity contribution in [1.82, 2.24) is 10.3 Å². The number of nitro benzene ring substituents is 1. The Labute approximate surface area is 161 Å². The minimum atomic E-state index is -4.03. The monoisotopic (exact) mass is 405 g/mol. The Kier molecular flexibility index (Phi) is 5.56. The van der Waals surface area contributed by atoms with E-state index in [9.17, 15) is 23.3 Å². The van der Waals surface area contributed by atoms with Crippen LogP contribution in [0.5, 0.6) is 0 Å². The van der Waals surface area contributed by atoms with Gasteiger partial charge in [0.15, 0.2) is 0 Å². The van der Waals surface area contributed by atoms with Crippen molar-refractivity contribution >= 4 is 27.3 Å². The SMILES string of the molecule is NS(=O)(=O)c1ccc(N2CCC(NC(=O)c3cccnc3)CC2)c([N+](=O)[O-])c1. The molecule has 0 saturated carbocycles.